The lowest BCUT2D eigenvalue weighted by atomic mass is 10.1. The molecule has 0 spiro atoms. The number of anilines is 2. The summed E-state index contributed by atoms with van der Waals surface area (Å²) in [5.74, 6) is -0.928. The van der Waals surface area contributed by atoms with Crippen LogP contribution < -0.4 is 19.9 Å². The molecule has 160 valence electrons. The third-order valence-corrected chi connectivity index (χ3v) is 5.61. The van der Waals surface area contributed by atoms with Crippen LogP contribution in [0.1, 0.15) is 5.56 Å². The molecule has 0 bridgehead atoms. The van der Waals surface area contributed by atoms with Gasteiger partial charge in [0.05, 0.1) is 26.0 Å². The average molecular weight is 486 g/mol. The number of nitrogens with one attached hydrogen (secondary N) is 1. The van der Waals surface area contributed by atoms with E-state index in [1.807, 2.05) is 12.1 Å². The van der Waals surface area contributed by atoms with Crippen molar-refractivity contribution in [1.82, 2.24) is 5.32 Å². The summed E-state index contributed by atoms with van der Waals surface area (Å²) in [5, 5.41) is 2.23. The van der Waals surface area contributed by atoms with Crippen molar-refractivity contribution in [2.45, 2.75) is 0 Å². The van der Waals surface area contributed by atoms with E-state index in [-0.39, 0.29) is 5.57 Å². The summed E-state index contributed by atoms with van der Waals surface area (Å²) in [6.45, 7) is 2.86. The summed E-state index contributed by atoms with van der Waals surface area (Å²) in [6, 6.07) is 11.4. The predicted octanol–water partition coefficient (Wildman–Crippen LogP) is 2.96. The van der Waals surface area contributed by atoms with Gasteiger partial charge in [-0.2, -0.15) is 0 Å². The highest BCUT2D eigenvalue weighted by atomic mass is 79.9. The van der Waals surface area contributed by atoms with E-state index in [2.05, 4.69) is 26.1 Å². The number of imide groups is 2. The Labute approximate surface area is 187 Å². The third kappa shape index (κ3) is 4.33. The molecule has 2 fully saturated rings. The summed E-state index contributed by atoms with van der Waals surface area (Å²) < 4.78 is 11.7. The van der Waals surface area contributed by atoms with E-state index in [1.54, 1.807) is 30.3 Å². The number of hydrogen-bond donors (Lipinski definition) is 1. The molecule has 2 heterocycles. The molecule has 2 aliphatic rings. The van der Waals surface area contributed by atoms with Gasteiger partial charge in [0.25, 0.3) is 11.8 Å². The largest absolute Gasteiger partial charge is 0.496 e. The number of morpholine rings is 1. The monoisotopic (exact) mass is 485 g/mol. The fourth-order valence-electron chi connectivity index (χ4n) is 3.47. The van der Waals surface area contributed by atoms with Crippen LogP contribution in [0.3, 0.4) is 0 Å². The van der Waals surface area contributed by atoms with E-state index in [1.165, 1.54) is 13.2 Å². The van der Waals surface area contributed by atoms with Crippen molar-refractivity contribution >= 4 is 51.2 Å². The molecule has 4 amide bonds. The lowest BCUT2D eigenvalue weighted by molar-refractivity contribution is -0.122. The van der Waals surface area contributed by atoms with Crippen molar-refractivity contribution < 1.29 is 23.9 Å². The fraction of sp³-hybridized carbons (Fsp3) is 0.227. The van der Waals surface area contributed by atoms with E-state index in [4.69, 9.17) is 9.47 Å². The van der Waals surface area contributed by atoms with E-state index in [9.17, 15) is 14.4 Å². The van der Waals surface area contributed by atoms with Crippen LogP contribution in [0.15, 0.2) is 52.5 Å². The second kappa shape index (κ2) is 8.91. The summed E-state index contributed by atoms with van der Waals surface area (Å²) in [6.07, 6.45) is 1.44. The Morgan fingerprint density at radius 1 is 1.03 bits per heavy atom. The molecule has 2 aliphatic heterocycles. The smallest absolute Gasteiger partial charge is 0.335 e. The van der Waals surface area contributed by atoms with Crippen molar-refractivity contribution in [2.75, 3.05) is 43.2 Å². The number of amides is 4. The standard InChI is InChI=1S/C22H20BrN3O5/c1-30-19-13-17(25-8-10-31-11-9-25)5-2-14(19)12-18-20(27)24-22(29)26(21(18)28)16-6-3-15(23)4-7-16/h2-7,12-13H,8-11H2,1H3,(H,24,27,29)/b18-12+. The maximum absolute atomic E-state index is 13.1. The first-order valence-electron chi connectivity index (χ1n) is 9.65. The second-order valence-corrected chi connectivity index (χ2v) is 7.88. The number of carbonyl (C=O) groups excluding carboxylic acids is 3. The Morgan fingerprint density at radius 2 is 1.71 bits per heavy atom. The number of halogens is 1. The average Bonchev–Trinajstić information content (AvgIpc) is 2.78. The molecule has 2 saturated heterocycles. The fourth-order valence-corrected chi connectivity index (χ4v) is 3.74. The van der Waals surface area contributed by atoms with Crippen molar-refractivity contribution in [3.8, 4) is 5.75 Å². The number of nitrogens with zero attached hydrogens (tertiary/aromatic N) is 2. The second-order valence-electron chi connectivity index (χ2n) is 6.96. The zero-order chi connectivity index (χ0) is 22.0. The number of urea groups is 1. The van der Waals surface area contributed by atoms with Gasteiger partial charge >= 0.3 is 6.03 Å². The van der Waals surface area contributed by atoms with Gasteiger partial charge in [-0.1, -0.05) is 15.9 Å². The number of rotatable bonds is 4. The van der Waals surface area contributed by atoms with E-state index < -0.39 is 17.8 Å². The van der Waals surface area contributed by atoms with Gasteiger partial charge in [-0.25, -0.2) is 9.69 Å². The van der Waals surface area contributed by atoms with Crippen LogP contribution in [0.4, 0.5) is 16.2 Å². The highest BCUT2D eigenvalue weighted by Crippen LogP contribution is 2.30. The Balaban J connectivity index is 1.67. The minimum atomic E-state index is -0.788. The summed E-state index contributed by atoms with van der Waals surface area (Å²) in [4.78, 5) is 40.9. The number of methoxy groups -OCH3 is 1. The SMILES string of the molecule is COc1cc(N2CCOCC2)ccc1/C=C1\C(=O)NC(=O)N(c2ccc(Br)cc2)C1=O. The van der Waals surface area contributed by atoms with Crippen molar-refractivity contribution in [3.05, 3.63) is 58.1 Å². The number of carbonyl (C=O) groups is 3. The Hall–Kier alpha value is -3.17. The van der Waals surface area contributed by atoms with Crippen molar-refractivity contribution in [2.24, 2.45) is 0 Å². The Bertz CT molecular complexity index is 1060. The maximum atomic E-state index is 13.1. The molecule has 2 aromatic carbocycles. The molecule has 0 unspecified atom stereocenters. The third-order valence-electron chi connectivity index (χ3n) is 5.08. The van der Waals surface area contributed by atoms with Gasteiger partial charge in [0.2, 0.25) is 0 Å². The quantitative estimate of drug-likeness (QED) is 0.528. The number of hydrogen-bond acceptors (Lipinski definition) is 6. The first kappa shape index (κ1) is 21.1. The van der Waals surface area contributed by atoms with E-state index >= 15 is 0 Å². The van der Waals surface area contributed by atoms with Gasteiger partial charge in [0.15, 0.2) is 0 Å². The molecule has 8 nitrogen and oxygen atoms in total. The summed E-state index contributed by atoms with van der Waals surface area (Å²) in [7, 11) is 1.53. The highest BCUT2D eigenvalue weighted by Gasteiger charge is 2.37. The van der Waals surface area contributed by atoms with Crippen LogP contribution in [-0.2, 0) is 14.3 Å². The molecule has 0 aliphatic carbocycles. The molecule has 9 heteroatoms. The molecule has 0 aromatic heterocycles. The summed E-state index contributed by atoms with van der Waals surface area (Å²) >= 11 is 3.32. The molecule has 1 N–H and O–H groups in total. The van der Waals surface area contributed by atoms with E-state index in [0.717, 1.165) is 28.1 Å². The topological polar surface area (TPSA) is 88.2 Å². The van der Waals surface area contributed by atoms with Gasteiger partial charge in [-0.05, 0) is 42.5 Å². The van der Waals surface area contributed by atoms with Crippen LogP contribution in [0.2, 0.25) is 0 Å². The zero-order valence-corrected chi connectivity index (χ0v) is 18.3. The van der Waals surface area contributed by atoms with Gasteiger partial charge in [0, 0.05) is 34.9 Å². The maximum Gasteiger partial charge on any atom is 0.335 e. The Morgan fingerprint density at radius 3 is 2.39 bits per heavy atom. The zero-order valence-electron chi connectivity index (χ0n) is 16.8. The number of barbiturate groups is 1. The molecule has 0 atom stereocenters. The molecule has 0 saturated carbocycles. The Kier molecular flexibility index (Phi) is 6.06. The molecule has 4 rings (SSSR count). The molecule has 0 radical (unpaired) electrons. The van der Waals surface area contributed by atoms with Crippen LogP contribution >= 0.6 is 15.9 Å². The number of benzene rings is 2. The van der Waals surface area contributed by atoms with Crippen LogP contribution in [0.5, 0.6) is 5.75 Å². The van der Waals surface area contributed by atoms with Gasteiger partial charge in [0.1, 0.15) is 11.3 Å². The minimum absolute atomic E-state index is 0.153. The van der Waals surface area contributed by atoms with Gasteiger partial charge in [-0.3, -0.25) is 14.9 Å². The van der Waals surface area contributed by atoms with Crippen LogP contribution in [-0.4, -0.2) is 51.3 Å². The lowest BCUT2D eigenvalue weighted by Crippen LogP contribution is -2.54. The molecule has 31 heavy (non-hydrogen) atoms. The van der Waals surface area contributed by atoms with Gasteiger partial charge in [-0.15, -0.1) is 0 Å². The normalized spacial score (nSPS) is 18.4. The van der Waals surface area contributed by atoms with Crippen LogP contribution in [0, 0.1) is 0 Å². The molecular weight excluding hydrogens is 466 g/mol. The number of ether oxygens (including phenoxy) is 2. The predicted molar refractivity (Wildman–Crippen MR) is 119 cm³/mol. The van der Waals surface area contributed by atoms with Gasteiger partial charge < -0.3 is 14.4 Å². The minimum Gasteiger partial charge on any atom is -0.496 e. The highest BCUT2D eigenvalue weighted by molar-refractivity contribution is 9.10. The van der Waals surface area contributed by atoms with Crippen molar-refractivity contribution in [1.29, 1.82) is 0 Å². The lowest BCUT2D eigenvalue weighted by Gasteiger charge is -2.29. The first-order chi connectivity index (χ1) is 15.0. The van der Waals surface area contributed by atoms with Crippen molar-refractivity contribution in [3.63, 3.8) is 0 Å². The first-order valence-corrected chi connectivity index (χ1v) is 10.4. The summed E-state index contributed by atoms with van der Waals surface area (Å²) in [5.41, 5.74) is 1.73. The molecule has 2 aromatic rings. The van der Waals surface area contributed by atoms with E-state index in [0.29, 0.717) is 30.2 Å². The van der Waals surface area contributed by atoms with Crippen LogP contribution in [0.25, 0.3) is 6.08 Å². The molecular formula is C22H20BrN3O5.